The van der Waals surface area contributed by atoms with E-state index in [0.717, 1.165) is 0 Å². The Hall–Kier alpha value is -1.78. The largest absolute Gasteiger partial charge is 0.505 e. The Balaban J connectivity index is 2.15. The van der Waals surface area contributed by atoms with Crippen LogP contribution in [0.2, 0.25) is 0 Å². The zero-order valence-corrected chi connectivity index (χ0v) is 11.7. The topological polar surface area (TPSA) is 152 Å². The first kappa shape index (κ1) is 16.6. The van der Waals surface area contributed by atoms with Crippen LogP contribution in [0.1, 0.15) is 16.1 Å². The summed E-state index contributed by atoms with van der Waals surface area (Å²) in [7, 11) is 0. The smallest absolute Gasteiger partial charge is 0.274 e. The highest BCUT2D eigenvalue weighted by atomic mass is 16.6. The van der Waals surface area contributed by atoms with Crippen molar-refractivity contribution in [3.8, 4) is 5.75 Å². The monoisotopic (exact) mass is 314 g/mol. The van der Waals surface area contributed by atoms with E-state index in [1.807, 2.05) is 0 Å². The first-order valence-electron chi connectivity index (χ1n) is 6.62. The molecule has 2 rings (SSSR count). The Morgan fingerprint density at radius 3 is 2.68 bits per heavy atom. The molecule has 0 aliphatic carbocycles. The zero-order chi connectivity index (χ0) is 16.4. The number of rotatable bonds is 3. The van der Waals surface area contributed by atoms with E-state index >= 15 is 0 Å². The van der Waals surface area contributed by atoms with Crippen LogP contribution in [0, 0.1) is 6.92 Å². The van der Waals surface area contributed by atoms with Crippen molar-refractivity contribution < 1.29 is 35.1 Å². The van der Waals surface area contributed by atoms with Crippen molar-refractivity contribution in [3.05, 3.63) is 23.5 Å². The van der Waals surface area contributed by atoms with E-state index in [-0.39, 0.29) is 11.4 Å². The molecular weight excluding hydrogens is 296 g/mol. The van der Waals surface area contributed by atoms with Crippen molar-refractivity contribution in [2.24, 2.45) is 0 Å². The summed E-state index contributed by atoms with van der Waals surface area (Å²) in [5, 5.41) is 50.5. The van der Waals surface area contributed by atoms with Gasteiger partial charge in [-0.2, -0.15) is 0 Å². The number of aliphatic hydroxyl groups is 4. The molecule has 122 valence electrons. The van der Waals surface area contributed by atoms with Crippen molar-refractivity contribution >= 4 is 5.91 Å². The molecule has 1 amide bonds. The van der Waals surface area contributed by atoms with Crippen LogP contribution in [0.4, 0.5) is 0 Å². The van der Waals surface area contributed by atoms with Gasteiger partial charge in [0.1, 0.15) is 30.1 Å². The highest BCUT2D eigenvalue weighted by Crippen LogP contribution is 2.22. The minimum absolute atomic E-state index is 0.279. The quantitative estimate of drug-likeness (QED) is 0.362. The van der Waals surface area contributed by atoms with Crippen LogP contribution < -0.4 is 5.32 Å². The van der Waals surface area contributed by atoms with Crippen LogP contribution in [-0.4, -0.2) is 73.7 Å². The Kier molecular flexibility index (Phi) is 4.94. The molecule has 22 heavy (non-hydrogen) atoms. The second-order valence-corrected chi connectivity index (χ2v) is 5.05. The van der Waals surface area contributed by atoms with Gasteiger partial charge in [-0.3, -0.25) is 4.79 Å². The van der Waals surface area contributed by atoms with Crippen LogP contribution >= 0.6 is 0 Å². The van der Waals surface area contributed by atoms with Crippen LogP contribution in [0.15, 0.2) is 12.3 Å². The van der Waals surface area contributed by atoms with Crippen molar-refractivity contribution in [1.82, 2.24) is 10.3 Å². The predicted octanol–water partition coefficient (Wildman–Crippen LogP) is -2.37. The fraction of sp³-hybridized carbons (Fsp3) is 0.538. The van der Waals surface area contributed by atoms with Gasteiger partial charge >= 0.3 is 0 Å². The minimum Gasteiger partial charge on any atom is -0.505 e. The lowest BCUT2D eigenvalue weighted by Crippen LogP contribution is -2.64. The van der Waals surface area contributed by atoms with E-state index < -0.39 is 43.2 Å². The summed E-state index contributed by atoms with van der Waals surface area (Å²) >= 11 is 0. The van der Waals surface area contributed by atoms with E-state index in [2.05, 4.69) is 10.3 Å². The predicted molar refractivity (Wildman–Crippen MR) is 71.9 cm³/mol. The lowest BCUT2D eigenvalue weighted by Gasteiger charge is -2.40. The fourth-order valence-electron chi connectivity index (χ4n) is 2.19. The molecule has 6 N–H and O–H groups in total. The minimum atomic E-state index is -1.63. The third kappa shape index (κ3) is 3.03. The molecule has 0 aromatic carbocycles. The summed E-state index contributed by atoms with van der Waals surface area (Å²) < 4.78 is 4.92. The van der Waals surface area contributed by atoms with Gasteiger partial charge in [0.05, 0.1) is 6.61 Å². The number of nitrogens with zero attached hydrogens (tertiary/aromatic N) is 1. The molecule has 0 spiro atoms. The number of hydrogen-bond donors (Lipinski definition) is 6. The molecule has 0 unspecified atom stereocenters. The number of aryl methyl sites for hydroxylation is 1. The Bertz CT molecular complexity index is 553. The van der Waals surface area contributed by atoms with Gasteiger partial charge in [0.25, 0.3) is 5.91 Å². The Morgan fingerprint density at radius 1 is 1.36 bits per heavy atom. The summed E-state index contributed by atoms with van der Waals surface area (Å²) in [6.45, 7) is 0.979. The van der Waals surface area contributed by atoms with Gasteiger partial charge < -0.3 is 35.6 Å². The summed E-state index contributed by atoms with van der Waals surface area (Å²) in [6, 6.07) is 0.168. The molecule has 1 aromatic rings. The molecule has 2 heterocycles. The van der Waals surface area contributed by atoms with Gasteiger partial charge in [0, 0.05) is 6.20 Å². The molecule has 9 nitrogen and oxygen atoms in total. The SMILES string of the molecule is Cc1ccnc(C(=O)N[C@@H]2[C@@H](O)[C@H](O)[C@@H](CO)O[C@@H]2O)c1O. The number of aromatic nitrogens is 1. The highest BCUT2D eigenvalue weighted by Gasteiger charge is 2.44. The number of aliphatic hydroxyl groups excluding tert-OH is 4. The summed E-state index contributed by atoms with van der Waals surface area (Å²) in [5.74, 6) is -1.17. The average molecular weight is 314 g/mol. The highest BCUT2D eigenvalue weighted by molar-refractivity contribution is 5.95. The van der Waals surface area contributed by atoms with E-state index in [0.29, 0.717) is 5.56 Å². The number of pyridine rings is 1. The number of carbonyl (C=O) groups excluding carboxylic acids is 1. The van der Waals surface area contributed by atoms with Gasteiger partial charge in [-0.1, -0.05) is 0 Å². The standard InChI is InChI=1S/C13H18N2O7/c1-5-2-3-14-7(9(5)17)12(20)15-8-11(19)10(18)6(4-16)22-13(8)21/h2-3,6,8,10-11,13,16-19,21H,4H2,1H3,(H,15,20)/t6-,8-,10-,11-,13+/m1/s1. The van der Waals surface area contributed by atoms with Gasteiger partial charge in [0.2, 0.25) is 0 Å². The van der Waals surface area contributed by atoms with Crippen LogP contribution in [0.3, 0.4) is 0 Å². The van der Waals surface area contributed by atoms with E-state index in [1.54, 1.807) is 6.92 Å². The second-order valence-electron chi connectivity index (χ2n) is 5.05. The Morgan fingerprint density at radius 2 is 2.05 bits per heavy atom. The van der Waals surface area contributed by atoms with Crippen molar-refractivity contribution in [2.75, 3.05) is 6.61 Å². The molecule has 9 heteroatoms. The van der Waals surface area contributed by atoms with Gasteiger partial charge in [-0.25, -0.2) is 4.98 Å². The number of carbonyl (C=O) groups is 1. The number of ether oxygens (including phenoxy) is 1. The first-order valence-corrected chi connectivity index (χ1v) is 6.62. The van der Waals surface area contributed by atoms with Crippen molar-refractivity contribution in [3.63, 3.8) is 0 Å². The maximum atomic E-state index is 12.1. The molecule has 1 fully saturated rings. The third-order valence-electron chi connectivity index (χ3n) is 3.54. The maximum Gasteiger partial charge on any atom is 0.274 e. The zero-order valence-electron chi connectivity index (χ0n) is 11.7. The average Bonchev–Trinajstić information content (AvgIpc) is 2.49. The maximum absolute atomic E-state index is 12.1. The van der Waals surface area contributed by atoms with E-state index in [4.69, 9.17) is 9.84 Å². The normalized spacial score (nSPS) is 31.8. The van der Waals surface area contributed by atoms with Crippen molar-refractivity contribution in [1.29, 1.82) is 0 Å². The van der Waals surface area contributed by atoms with Crippen molar-refractivity contribution in [2.45, 2.75) is 37.6 Å². The molecule has 5 atom stereocenters. The lowest BCUT2D eigenvalue weighted by atomic mass is 9.97. The van der Waals surface area contributed by atoms with Gasteiger partial charge in [-0.15, -0.1) is 0 Å². The van der Waals surface area contributed by atoms with Crippen LogP contribution in [0.25, 0.3) is 0 Å². The van der Waals surface area contributed by atoms with Crippen LogP contribution in [0.5, 0.6) is 5.75 Å². The summed E-state index contributed by atoms with van der Waals surface area (Å²) in [5.41, 5.74) is 0.152. The molecule has 0 saturated carbocycles. The molecule has 0 bridgehead atoms. The summed E-state index contributed by atoms with van der Waals surface area (Å²) in [4.78, 5) is 15.8. The molecule has 1 saturated heterocycles. The number of hydrogen-bond acceptors (Lipinski definition) is 8. The number of aromatic hydroxyl groups is 1. The molecular formula is C13H18N2O7. The summed E-state index contributed by atoms with van der Waals surface area (Å²) in [6.07, 6.45) is -4.52. The molecule has 1 aromatic heterocycles. The van der Waals surface area contributed by atoms with Crippen LogP contribution in [-0.2, 0) is 4.74 Å². The van der Waals surface area contributed by atoms with Gasteiger partial charge in [0.15, 0.2) is 12.0 Å². The number of nitrogens with one attached hydrogen (secondary N) is 1. The van der Waals surface area contributed by atoms with E-state index in [1.165, 1.54) is 12.3 Å². The molecule has 1 aliphatic rings. The third-order valence-corrected chi connectivity index (χ3v) is 3.54. The lowest BCUT2D eigenvalue weighted by molar-refractivity contribution is -0.252. The Labute approximate surface area is 125 Å². The first-order chi connectivity index (χ1) is 10.4. The molecule has 1 aliphatic heterocycles. The second kappa shape index (κ2) is 6.55. The fourth-order valence-corrected chi connectivity index (χ4v) is 2.19. The number of amides is 1. The van der Waals surface area contributed by atoms with Gasteiger partial charge in [-0.05, 0) is 18.6 Å². The van der Waals surface area contributed by atoms with E-state index in [9.17, 15) is 25.2 Å². The molecule has 0 radical (unpaired) electrons.